The minimum absolute atomic E-state index is 0.0533. The summed E-state index contributed by atoms with van der Waals surface area (Å²) in [5, 5.41) is 18.0. The van der Waals surface area contributed by atoms with Gasteiger partial charge in [-0.1, -0.05) is 24.3 Å². The molecule has 2 aromatic rings. The summed E-state index contributed by atoms with van der Waals surface area (Å²) in [5.41, 5.74) is -0.816. The second-order valence-corrected chi connectivity index (χ2v) is 4.69. The van der Waals surface area contributed by atoms with Crippen LogP contribution in [0.1, 0.15) is 28.4 Å². The predicted molar refractivity (Wildman–Crippen MR) is 78.3 cm³/mol. The molecule has 2 aromatic carbocycles. The second kappa shape index (κ2) is 6.36. The number of carbonyl (C=O) groups is 1. The third-order valence-corrected chi connectivity index (χ3v) is 3.22. The molecule has 0 aliphatic carbocycles. The maximum Gasteiger partial charge on any atom is 0.336 e. The van der Waals surface area contributed by atoms with E-state index in [4.69, 9.17) is 10.4 Å². The number of rotatable bonds is 3. The van der Waals surface area contributed by atoms with Crippen molar-refractivity contribution >= 4 is 11.8 Å². The van der Waals surface area contributed by atoms with E-state index >= 15 is 0 Å². The van der Waals surface area contributed by atoms with Crippen LogP contribution in [-0.4, -0.2) is 11.1 Å². The molecule has 0 amide bonds. The van der Waals surface area contributed by atoms with Crippen LogP contribution in [0.4, 0.5) is 13.2 Å². The van der Waals surface area contributed by atoms with Crippen molar-refractivity contribution in [2.45, 2.75) is 6.92 Å². The molecule has 0 aliphatic rings. The van der Waals surface area contributed by atoms with Crippen LogP contribution in [0.2, 0.25) is 0 Å². The molecule has 0 fully saturated rings. The Morgan fingerprint density at radius 2 is 1.74 bits per heavy atom. The lowest BCUT2D eigenvalue weighted by Gasteiger charge is -2.10. The number of nitrogens with zero attached hydrogens (tertiary/aromatic N) is 1. The van der Waals surface area contributed by atoms with Crippen LogP contribution in [0, 0.1) is 17.1 Å². The number of carboxylic acids is 1. The normalized spacial score (nSPS) is 11.6. The highest BCUT2D eigenvalue weighted by Crippen LogP contribution is 2.31. The molecule has 1 N–H and O–H groups in total. The van der Waals surface area contributed by atoms with E-state index in [1.165, 1.54) is 24.3 Å². The molecule has 0 unspecified atom stereocenters. The van der Waals surface area contributed by atoms with E-state index in [1.807, 2.05) is 0 Å². The largest absolute Gasteiger partial charge is 0.478 e. The van der Waals surface area contributed by atoms with Gasteiger partial charge in [0, 0.05) is 11.1 Å². The minimum Gasteiger partial charge on any atom is -0.478 e. The molecule has 6 heteroatoms. The van der Waals surface area contributed by atoms with Crippen LogP contribution in [-0.2, 0) is 0 Å². The summed E-state index contributed by atoms with van der Waals surface area (Å²) < 4.78 is 40.7. The van der Waals surface area contributed by atoms with Crippen LogP contribution in [0.5, 0.6) is 0 Å². The summed E-state index contributed by atoms with van der Waals surface area (Å²) in [6, 6.07) is 8.78. The Bertz CT molecular complexity index is 845. The molecule has 0 aromatic heterocycles. The molecule has 0 heterocycles. The van der Waals surface area contributed by atoms with Gasteiger partial charge >= 0.3 is 5.97 Å². The van der Waals surface area contributed by atoms with E-state index in [2.05, 4.69) is 0 Å². The van der Waals surface area contributed by atoms with Gasteiger partial charge in [0.05, 0.1) is 11.1 Å². The molecule has 23 heavy (non-hydrogen) atoms. The van der Waals surface area contributed by atoms with Gasteiger partial charge in [-0.15, -0.1) is 0 Å². The fourth-order valence-corrected chi connectivity index (χ4v) is 2.10. The third kappa shape index (κ3) is 3.09. The van der Waals surface area contributed by atoms with Crippen LogP contribution in [0.3, 0.4) is 0 Å². The molecule has 0 bridgehead atoms. The van der Waals surface area contributed by atoms with E-state index < -0.39 is 23.4 Å². The molecule has 0 radical (unpaired) electrons. The van der Waals surface area contributed by atoms with Gasteiger partial charge in [-0.2, -0.15) is 5.26 Å². The lowest BCUT2D eigenvalue weighted by molar-refractivity contribution is 0.0697. The number of aromatic carboxylic acids is 1. The molecule has 0 saturated carbocycles. The van der Waals surface area contributed by atoms with Crippen molar-refractivity contribution in [3.8, 4) is 17.2 Å². The summed E-state index contributed by atoms with van der Waals surface area (Å²) in [6.45, 7) is 0.960. The number of halogens is 3. The van der Waals surface area contributed by atoms with Crippen LogP contribution in [0.15, 0.2) is 42.2 Å². The quantitative estimate of drug-likeness (QED) is 0.893. The zero-order valence-corrected chi connectivity index (χ0v) is 11.9. The Balaban J connectivity index is 2.65. The average Bonchev–Trinajstić information content (AvgIpc) is 2.53. The number of allylic oxidation sites excluding steroid dienone is 1. The van der Waals surface area contributed by atoms with Gasteiger partial charge in [-0.3, -0.25) is 0 Å². The highest BCUT2D eigenvalue weighted by Gasteiger charge is 2.19. The van der Waals surface area contributed by atoms with Crippen LogP contribution < -0.4 is 0 Å². The maximum atomic E-state index is 14.3. The lowest BCUT2D eigenvalue weighted by Crippen LogP contribution is -2.03. The molecule has 0 saturated heterocycles. The van der Waals surface area contributed by atoms with E-state index in [-0.39, 0.29) is 27.8 Å². The molecule has 2 rings (SSSR count). The second-order valence-electron chi connectivity index (χ2n) is 4.69. The number of hydrogen-bond donors (Lipinski definition) is 1. The maximum absolute atomic E-state index is 14.3. The summed E-state index contributed by atoms with van der Waals surface area (Å²) in [6.07, 6.45) is 0. The zero-order valence-electron chi connectivity index (χ0n) is 11.9. The van der Waals surface area contributed by atoms with E-state index in [9.17, 15) is 18.0 Å². The zero-order chi connectivity index (χ0) is 17.1. The number of hydrogen-bond acceptors (Lipinski definition) is 2. The molecule has 3 nitrogen and oxygen atoms in total. The van der Waals surface area contributed by atoms with Crippen molar-refractivity contribution < 1.29 is 23.1 Å². The summed E-state index contributed by atoms with van der Waals surface area (Å²) in [7, 11) is 0. The third-order valence-electron chi connectivity index (χ3n) is 3.22. The molecule has 0 spiro atoms. The molecular formula is C17H10F3NO2. The summed E-state index contributed by atoms with van der Waals surface area (Å²) in [5.74, 6) is -4.39. The van der Waals surface area contributed by atoms with E-state index in [1.54, 1.807) is 6.07 Å². The minimum atomic E-state index is -1.36. The van der Waals surface area contributed by atoms with Gasteiger partial charge in [-0.05, 0) is 24.6 Å². The van der Waals surface area contributed by atoms with Crippen molar-refractivity contribution in [3.63, 3.8) is 0 Å². The Hall–Kier alpha value is -3.07. The van der Waals surface area contributed by atoms with Crippen LogP contribution in [0.25, 0.3) is 17.0 Å². The fraction of sp³-hybridized carbons (Fsp3) is 0.0588. The predicted octanol–water partition coefficient (Wildman–Crippen LogP) is 4.69. The topological polar surface area (TPSA) is 61.1 Å². The van der Waals surface area contributed by atoms with Gasteiger partial charge in [0.25, 0.3) is 0 Å². The molecular weight excluding hydrogens is 307 g/mol. The smallest absolute Gasteiger partial charge is 0.336 e. The van der Waals surface area contributed by atoms with Crippen molar-refractivity contribution in [1.82, 2.24) is 0 Å². The highest BCUT2D eigenvalue weighted by atomic mass is 19.2. The van der Waals surface area contributed by atoms with Crippen LogP contribution >= 0.6 is 0 Å². The fourth-order valence-electron chi connectivity index (χ4n) is 2.10. The standard InChI is InChI=1S/C17H10F3NO2/c1-9(18)15(19)11-4-2-10(3-5-11)14-13(17(22)23)7-6-12(8-21)16(14)20/h2-7H,1H3,(H,22,23). The van der Waals surface area contributed by atoms with E-state index in [0.717, 1.165) is 19.1 Å². The van der Waals surface area contributed by atoms with Crippen molar-refractivity contribution in [2.24, 2.45) is 0 Å². The highest BCUT2D eigenvalue weighted by molar-refractivity contribution is 5.96. The lowest BCUT2D eigenvalue weighted by atomic mass is 9.95. The van der Waals surface area contributed by atoms with Crippen molar-refractivity contribution in [1.29, 1.82) is 5.26 Å². The van der Waals surface area contributed by atoms with Gasteiger partial charge in [0.1, 0.15) is 17.7 Å². The number of benzene rings is 2. The number of carboxylic acid groups (broad SMARTS) is 1. The first kappa shape index (κ1) is 16.3. The SMILES string of the molecule is CC(F)=C(F)c1ccc(-c2c(C(=O)O)ccc(C#N)c2F)cc1. The van der Waals surface area contributed by atoms with E-state index in [0.29, 0.717) is 0 Å². The Morgan fingerprint density at radius 3 is 2.22 bits per heavy atom. The van der Waals surface area contributed by atoms with Gasteiger partial charge < -0.3 is 5.11 Å². The first-order chi connectivity index (χ1) is 10.9. The average molecular weight is 317 g/mol. The monoisotopic (exact) mass is 317 g/mol. The van der Waals surface area contributed by atoms with Gasteiger partial charge in [0.15, 0.2) is 5.83 Å². The molecule has 116 valence electrons. The van der Waals surface area contributed by atoms with Crippen molar-refractivity contribution in [3.05, 3.63) is 64.7 Å². The first-order valence-corrected chi connectivity index (χ1v) is 6.45. The van der Waals surface area contributed by atoms with Gasteiger partial charge in [0.2, 0.25) is 0 Å². The molecule has 0 aliphatic heterocycles. The summed E-state index contributed by atoms with van der Waals surface area (Å²) >= 11 is 0. The molecule has 0 atom stereocenters. The number of nitriles is 1. The van der Waals surface area contributed by atoms with Gasteiger partial charge in [-0.25, -0.2) is 18.0 Å². The summed E-state index contributed by atoms with van der Waals surface area (Å²) in [4.78, 5) is 11.2. The first-order valence-electron chi connectivity index (χ1n) is 6.45. The Labute approximate surface area is 129 Å². The van der Waals surface area contributed by atoms with Crippen molar-refractivity contribution in [2.75, 3.05) is 0 Å². The Morgan fingerprint density at radius 1 is 1.13 bits per heavy atom. The Kier molecular flexibility index (Phi) is 4.51.